The molecule has 0 aliphatic heterocycles. The van der Waals surface area contributed by atoms with E-state index >= 15 is 0 Å². The molecule has 0 saturated carbocycles. The minimum absolute atomic E-state index is 0. The predicted molar refractivity (Wildman–Crippen MR) is 291 cm³/mol. The number of benzene rings is 7. The SMILES string of the molecule is CC(C)(C)c1cc(-c2cc(-c3ccccc3)ccn2)[c-]c(-c2cccc3c2nc(-c2cc(C(C)(C)C)cc(C(C)(C)C)c2O)n3-c2ccc(-c3ccc([Si](C)(C)C)cc3)cc2-c2ccccc2)c1.[Pt]. The van der Waals surface area contributed by atoms with Crippen molar-refractivity contribution in [2.24, 2.45) is 0 Å². The molecule has 0 fully saturated rings. The first-order valence-electron chi connectivity index (χ1n) is 24.0. The maximum absolute atomic E-state index is 12.6. The molecule has 0 radical (unpaired) electrons. The molecule has 2 heterocycles. The van der Waals surface area contributed by atoms with Gasteiger partial charge in [0.2, 0.25) is 0 Å². The van der Waals surface area contributed by atoms with E-state index in [0.29, 0.717) is 11.4 Å². The standard InChI is InChI=1S/C63H64N3OSi.Pt/c1-61(2,3)48-35-46(34-47(36-48)55-38-45(32-33-64-55)41-20-15-13-16-21-41)51-24-19-25-57-58(51)65-60(53-39-49(62(4,5)6)40-54(59(53)67)63(7,8)9)66(57)56-31-28-44(37-52(56)43-22-17-14-18-23-43)42-26-29-50(30-27-42)68(10,11)12;/h13-33,35-40,67H,1-12H3;/q-1;. The first-order valence-corrected chi connectivity index (χ1v) is 27.5. The van der Waals surface area contributed by atoms with Crippen LogP contribution in [0.25, 0.3) is 83.9 Å². The molecular weight excluding hydrogens is 1040 g/mol. The first kappa shape index (κ1) is 49.3. The second kappa shape index (κ2) is 18.6. The van der Waals surface area contributed by atoms with E-state index in [0.717, 1.165) is 78.0 Å². The van der Waals surface area contributed by atoms with E-state index in [9.17, 15) is 5.11 Å². The number of hydrogen-bond donors (Lipinski definition) is 1. The van der Waals surface area contributed by atoms with E-state index in [4.69, 9.17) is 9.97 Å². The average molecular weight is 1100 g/mol. The van der Waals surface area contributed by atoms with Crippen LogP contribution in [0.4, 0.5) is 0 Å². The second-order valence-corrected chi connectivity index (χ2v) is 27.6. The van der Waals surface area contributed by atoms with Gasteiger partial charge in [0.25, 0.3) is 0 Å². The van der Waals surface area contributed by atoms with Gasteiger partial charge in [0.1, 0.15) is 11.6 Å². The number of pyridine rings is 1. The van der Waals surface area contributed by atoms with Crippen molar-refractivity contribution in [3.05, 3.63) is 187 Å². The van der Waals surface area contributed by atoms with E-state index < -0.39 is 8.07 Å². The molecule has 0 amide bonds. The van der Waals surface area contributed by atoms with E-state index in [1.54, 1.807) is 0 Å². The first-order chi connectivity index (χ1) is 32.1. The average Bonchev–Trinajstić information content (AvgIpc) is 3.70. The summed E-state index contributed by atoms with van der Waals surface area (Å²) in [6.45, 7) is 27.1. The molecular formula is C63H64N3OPtSi-. The molecule has 0 saturated heterocycles. The Morgan fingerprint density at radius 1 is 0.507 bits per heavy atom. The van der Waals surface area contributed by atoms with Crippen LogP contribution in [0.1, 0.15) is 79.0 Å². The fraction of sp³-hybridized carbons (Fsp3) is 0.238. The van der Waals surface area contributed by atoms with Crippen LogP contribution in [0.3, 0.4) is 0 Å². The van der Waals surface area contributed by atoms with Crippen molar-refractivity contribution >= 4 is 24.3 Å². The van der Waals surface area contributed by atoms with Crippen LogP contribution in [0.15, 0.2) is 164 Å². The number of aromatic hydroxyl groups is 1. The van der Waals surface area contributed by atoms with E-state index in [1.165, 1.54) is 16.3 Å². The fourth-order valence-electron chi connectivity index (χ4n) is 9.15. The van der Waals surface area contributed by atoms with Crippen molar-refractivity contribution in [3.8, 4) is 78.6 Å². The Bertz CT molecular complexity index is 3310. The van der Waals surface area contributed by atoms with Crippen LogP contribution in [-0.2, 0) is 37.3 Å². The van der Waals surface area contributed by atoms with Crippen LogP contribution >= 0.6 is 0 Å². The predicted octanol–water partition coefficient (Wildman–Crippen LogP) is 16.4. The topological polar surface area (TPSA) is 50.9 Å². The number of para-hydroxylation sites is 1. The van der Waals surface area contributed by atoms with Crippen molar-refractivity contribution in [2.45, 2.75) is 98.2 Å². The smallest absolute Gasteiger partial charge is 0.148 e. The Morgan fingerprint density at radius 3 is 1.71 bits per heavy atom. The van der Waals surface area contributed by atoms with Gasteiger partial charge in [-0.15, -0.1) is 29.3 Å². The van der Waals surface area contributed by atoms with Gasteiger partial charge in [0.05, 0.1) is 30.4 Å². The van der Waals surface area contributed by atoms with Gasteiger partial charge in [0.15, 0.2) is 0 Å². The molecule has 7 aromatic carbocycles. The maximum atomic E-state index is 12.6. The molecule has 0 bridgehead atoms. The number of phenols is 1. The molecule has 352 valence electrons. The maximum Gasteiger partial charge on any atom is 0.148 e. The summed E-state index contributed by atoms with van der Waals surface area (Å²) in [7, 11) is -1.48. The Balaban J connectivity index is 0.00000642. The van der Waals surface area contributed by atoms with Crippen molar-refractivity contribution in [1.82, 2.24) is 14.5 Å². The summed E-state index contributed by atoms with van der Waals surface area (Å²) < 4.78 is 2.28. The molecule has 2 aromatic heterocycles. The molecule has 0 aliphatic rings. The summed E-state index contributed by atoms with van der Waals surface area (Å²) in [5, 5.41) is 14.1. The van der Waals surface area contributed by atoms with Gasteiger partial charge in [0, 0.05) is 44.1 Å². The molecule has 0 aliphatic carbocycles. The number of rotatable bonds is 8. The van der Waals surface area contributed by atoms with Crippen LogP contribution in [0.2, 0.25) is 19.6 Å². The summed E-state index contributed by atoms with van der Waals surface area (Å²) >= 11 is 0. The van der Waals surface area contributed by atoms with Crippen LogP contribution in [0, 0.1) is 6.07 Å². The second-order valence-electron chi connectivity index (χ2n) is 22.5. The summed E-state index contributed by atoms with van der Waals surface area (Å²) in [5.74, 6) is 0.923. The number of imidazole rings is 1. The zero-order chi connectivity index (χ0) is 48.3. The van der Waals surface area contributed by atoms with Crippen molar-refractivity contribution in [1.29, 1.82) is 0 Å². The largest absolute Gasteiger partial charge is 0.507 e. The zero-order valence-corrected chi connectivity index (χ0v) is 45.5. The molecule has 9 aromatic rings. The molecule has 9 rings (SSSR count). The van der Waals surface area contributed by atoms with Crippen LogP contribution in [-0.4, -0.2) is 27.7 Å². The Hall–Kier alpha value is -6.13. The van der Waals surface area contributed by atoms with Crippen molar-refractivity contribution in [3.63, 3.8) is 0 Å². The Morgan fingerprint density at radius 2 is 1.09 bits per heavy atom. The van der Waals surface area contributed by atoms with Crippen molar-refractivity contribution < 1.29 is 26.2 Å². The third-order valence-electron chi connectivity index (χ3n) is 13.3. The van der Waals surface area contributed by atoms with Crippen LogP contribution in [0.5, 0.6) is 5.75 Å². The van der Waals surface area contributed by atoms with E-state index in [1.807, 2.05) is 12.3 Å². The molecule has 1 N–H and O–H groups in total. The van der Waals surface area contributed by atoms with Crippen molar-refractivity contribution in [2.75, 3.05) is 0 Å². The molecule has 4 nitrogen and oxygen atoms in total. The van der Waals surface area contributed by atoms with Crippen LogP contribution < -0.4 is 5.19 Å². The number of nitrogens with zero attached hydrogens (tertiary/aromatic N) is 3. The van der Waals surface area contributed by atoms with Gasteiger partial charge in [-0.1, -0.05) is 214 Å². The monoisotopic (exact) mass is 1100 g/mol. The number of fused-ring (bicyclic) bond motifs is 1. The molecule has 69 heavy (non-hydrogen) atoms. The van der Waals surface area contributed by atoms with Gasteiger partial charge >= 0.3 is 0 Å². The van der Waals surface area contributed by atoms with Gasteiger partial charge in [-0.05, 0) is 80.0 Å². The normalized spacial score (nSPS) is 12.3. The number of aromatic nitrogens is 3. The summed E-state index contributed by atoms with van der Waals surface area (Å²) in [6.07, 6.45) is 1.89. The van der Waals surface area contributed by atoms with Gasteiger partial charge < -0.3 is 5.11 Å². The third kappa shape index (κ3) is 10.0. The zero-order valence-electron chi connectivity index (χ0n) is 42.2. The minimum Gasteiger partial charge on any atom is -0.507 e. The minimum atomic E-state index is -1.48. The molecule has 0 atom stereocenters. The molecule has 0 unspecified atom stereocenters. The summed E-state index contributed by atoms with van der Waals surface area (Å²) in [4.78, 5) is 10.6. The number of hydrogen-bond acceptors (Lipinski definition) is 3. The van der Waals surface area contributed by atoms with Gasteiger partial charge in [-0.2, -0.15) is 0 Å². The molecule has 6 heteroatoms. The Kier molecular flexibility index (Phi) is 13.3. The Labute approximate surface area is 425 Å². The fourth-order valence-corrected chi connectivity index (χ4v) is 10.3. The van der Waals surface area contributed by atoms with Gasteiger partial charge in [-0.3, -0.25) is 9.55 Å². The quantitative estimate of drug-likeness (QED) is 0.122. The summed E-state index contributed by atoms with van der Waals surface area (Å²) in [6, 6.07) is 60.5. The van der Waals surface area contributed by atoms with Gasteiger partial charge in [-0.25, -0.2) is 4.98 Å². The molecule has 0 spiro atoms. The number of phenolic OH excluding ortho intramolecular Hbond substituents is 1. The third-order valence-corrected chi connectivity index (χ3v) is 15.4. The summed E-state index contributed by atoms with van der Waals surface area (Å²) in [5.41, 5.74) is 16.3. The van der Waals surface area contributed by atoms with E-state index in [-0.39, 0.29) is 43.1 Å². The van der Waals surface area contributed by atoms with E-state index in [2.05, 4.69) is 244 Å².